The van der Waals surface area contributed by atoms with E-state index < -0.39 is 0 Å². The SMILES string of the molecule is Nc1c(C=NO)ccc(=O)n1Cc1ccccc1Br. The Kier molecular flexibility index (Phi) is 4.01. The molecule has 0 aliphatic carbocycles. The van der Waals surface area contributed by atoms with E-state index in [2.05, 4.69) is 21.1 Å². The average molecular weight is 322 g/mol. The summed E-state index contributed by atoms with van der Waals surface area (Å²) in [5.74, 6) is 0.265. The molecule has 1 aromatic heterocycles. The van der Waals surface area contributed by atoms with Crippen molar-refractivity contribution >= 4 is 28.0 Å². The molecule has 3 N–H and O–H groups in total. The lowest BCUT2D eigenvalue weighted by Gasteiger charge is -2.12. The van der Waals surface area contributed by atoms with Crippen molar-refractivity contribution < 1.29 is 5.21 Å². The zero-order valence-electron chi connectivity index (χ0n) is 9.95. The van der Waals surface area contributed by atoms with E-state index in [4.69, 9.17) is 10.9 Å². The van der Waals surface area contributed by atoms with Crippen molar-refractivity contribution in [2.45, 2.75) is 6.54 Å². The van der Waals surface area contributed by atoms with Gasteiger partial charge in [0.1, 0.15) is 5.82 Å². The minimum Gasteiger partial charge on any atom is -0.411 e. The highest BCUT2D eigenvalue weighted by Crippen LogP contribution is 2.18. The number of benzene rings is 1. The number of nitrogens with zero attached hydrogens (tertiary/aromatic N) is 2. The summed E-state index contributed by atoms with van der Waals surface area (Å²) in [6, 6.07) is 10.5. The van der Waals surface area contributed by atoms with Crippen LogP contribution in [0.3, 0.4) is 0 Å². The van der Waals surface area contributed by atoms with E-state index in [-0.39, 0.29) is 11.4 Å². The van der Waals surface area contributed by atoms with Gasteiger partial charge in [0.05, 0.1) is 12.8 Å². The minimum absolute atomic E-state index is 0.205. The van der Waals surface area contributed by atoms with Crippen LogP contribution in [-0.4, -0.2) is 16.0 Å². The molecule has 0 aliphatic heterocycles. The molecule has 2 rings (SSSR count). The van der Waals surface area contributed by atoms with Crippen molar-refractivity contribution in [2.24, 2.45) is 5.16 Å². The summed E-state index contributed by atoms with van der Waals surface area (Å²) in [6.45, 7) is 0.346. The highest BCUT2D eigenvalue weighted by molar-refractivity contribution is 9.10. The molecule has 0 atom stereocenters. The van der Waals surface area contributed by atoms with Crippen molar-refractivity contribution in [3.05, 3.63) is 62.4 Å². The number of oxime groups is 1. The van der Waals surface area contributed by atoms with Crippen LogP contribution in [0.2, 0.25) is 0 Å². The maximum Gasteiger partial charge on any atom is 0.252 e. The molecule has 0 saturated heterocycles. The summed E-state index contributed by atoms with van der Waals surface area (Å²) >= 11 is 3.43. The Morgan fingerprint density at radius 3 is 2.74 bits per heavy atom. The lowest BCUT2D eigenvalue weighted by atomic mass is 10.2. The lowest BCUT2D eigenvalue weighted by molar-refractivity contribution is 0.322. The number of hydrogen-bond acceptors (Lipinski definition) is 4. The number of anilines is 1. The van der Waals surface area contributed by atoms with Crippen molar-refractivity contribution in [1.82, 2.24) is 4.57 Å². The van der Waals surface area contributed by atoms with E-state index >= 15 is 0 Å². The second-order valence-electron chi connectivity index (χ2n) is 3.93. The first-order valence-corrected chi connectivity index (χ1v) is 6.33. The lowest BCUT2D eigenvalue weighted by Crippen LogP contribution is -2.24. The average Bonchev–Trinajstić information content (AvgIpc) is 2.40. The van der Waals surface area contributed by atoms with E-state index in [9.17, 15) is 4.79 Å². The van der Waals surface area contributed by atoms with Crippen LogP contribution < -0.4 is 11.3 Å². The van der Waals surface area contributed by atoms with Gasteiger partial charge in [-0.25, -0.2) is 0 Å². The third kappa shape index (κ3) is 2.85. The maximum absolute atomic E-state index is 11.9. The number of halogens is 1. The molecule has 2 aromatic rings. The first kappa shape index (κ1) is 13.4. The summed E-state index contributed by atoms with van der Waals surface area (Å²) in [4.78, 5) is 11.9. The Hall–Kier alpha value is -2.08. The molecule has 0 spiro atoms. The van der Waals surface area contributed by atoms with Crippen LogP contribution in [0.1, 0.15) is 11.1 Å². The molecule has 0 radical (unpaired) electrons. The number of rotatable bonds is 3. The zero-order valence-corrected chi connectivity index (χ0v) is 11.5. The van der Waals surface area contributed by atoms with Gasteiger partial charge >= 0.3 is 0 Å². The Bertz CT molecular complexity index is 680. The molecule has 1 aromatic carbocycles. The Labute approximate surface area is 118 Å². The van der Waals surface area contributed by atoms with Crippen LogP contribution in [0.4, 0.5) is 5.82 Å². The molecule has 0 bridgehead atoms. The van der Waals surface area contributed by atoms with Crippen LogP contribution in [0, 0.1) is 0 Å². The number of pyridine rings is 1. The maximum atomic E-state index is 11.9. The third-order valence-corrected chi connectivity index (χ3v) is 3.51. The van der Waals surface area contributed by atoms with Gasteiger partial charge in [0.15, 0.2) is 0 Å². The summed E-state index contributed by atoms with van der Waals surface area (Å²) in [6.07, 6.45) is 1.20. The van der Waals surface area contributed by atoms with Gasteiger partial charge in [0.2, 0.25) is 0 Å². The summed E-state index contributed by atoms with van der Waals surface area (Å²) < 4.78 is 2.33. The Balaban J connectivity index is 2.48. The molecule has 0 amide bonds. The van der Waals surface area contributed by atoms with Gasteiger partial charge in [-0.05, 0) is 17.7 Å². The second-order valence-corrected chi connectivity index (χ2v) is 4.79. The highest BCUT2D eigenvalue weighted by atomic mass is 79.9. The first-order chi connectivity index (χ1) is 9.13. The van der Waals surface area contributed by atoms with Gasteiger partial charge in [0, 0.05) is 16.1 Å². The Morgan fingerprint density at radius 1 is 1.32 bits per heavy atom. The zero-order chi connectivity index (χ0) is 13.8. The van der Waals surface area contributed by atoms with E-state index in [0.29, 0.717) is 12.1 Å². The number of hydrogen-bond donors (Lipinski definition) is 2. The number of aromatic nitrogens is 1. The summed E-state index contributed by atoms with van der Waals surface area (Å²) in [5.41, 5.74) is 7.14. The molecule has 0 saturated carbocycles. The van der Waals surface area contributed by atoms with E-state index in [1.807, 2.05) is 24.3 Å². The number of nitrogen functional groups attached to an aromatic ring is 1. The van der Waals surface area contributed by atoms with Crippen molar-refractivity contribution in [3.63, 3.8) is 0 Å². The molecule has 5 nitrogen and oxygen atoms in total. The van der Waals surface area contributed by atoms with Crippen molar-refractivity contribution in [3.8, 4) is 0 Å². The van der Waals surface area contributed by atoms with Crippen LogP contribution in [0.5, 0.6) is 0 Å². The van der Waals surface area contributed by atoms with E-state index in [0.717, 1.165) is 10.0 Å². The predicted octanol–water partition coefficient (Wildman–Crippen LogP) is 2.05. The fourth-order valence-corrected chi connectivity index (χ4v) is 2.15. The molecule has 0 aliphatic rings. The molecule has 98 valence electrons. The van der Waals surface area contributed by atoms with E-state index in [1.165, 1.54) is 22.9 Å². The summed E-state index contributed by atoms with van der Waals surface area (Å²) in [5, 5.41) is 11.5. The monoisotopic (exact) mass is 321 g/mol. The molecular formula is C13H12BrN3O2. The van der Waals surface area contributed by atoms with Crippen molar-refractivity contribution in [1.29, 1.82) is 0 Å². The van der Waals surface area contributed by atoms with Gasteiger partial charge in [0.25, 0.3) is 5.56 Å². The summed E-state index contributed by atoms with van der Waals surface area (Å²) in [7, 11) is 0. The second kappa shape index (κ2) is 5.71. The molecule has 6 heteroatoms. The van der Waals surface area contributed by atoms with Crippen LogP contribution in [0.15, 0.2) is 50.8 Å². The van der Waals surface area contributed by atoms with Gasteiger partial charge < -0.3 is 10.9 Å². The molecular weight excluding hydrogens is 310 g/mol. The fraction of sp³-hybridized carbons (Fsp3) is 0.0769. The minimum atomic E-state index is -0.205. The van der Waals surface area contributed by atoms with Gasteiger partial charge in [-0.3, -0.25) is 9.36 Å². The van der Waals surface area contributed by atoms with Crippen LogP contribution >= 0.6 is 15.9 Å². The van der Waals surface area contributed by atoms with Crippen molar-refractivity contribution in [2.75, 3.05) is 5.73 Å². The van der Waals surface area contributed by atoms with Gasteiger partial charge in [-0.2, -0.15) is 0 Å². The quantitative estimate of drug-likeness (QED) is 0.515. The van der Waals surface area contributed by atoms with Gasteiger partial charge in [-0.1, -0.05) is 39.3 Å². The fourth-order valence-electron chi connectivity index (χ4n) is 1.74. The molecule has 0 fully saturated rings. The topological polar surface area (TPSA) is 80.6 Å². The highest BCUT2D eigenvalue weighted by Gasteiger charge is 2.08. The first-order valence-electron chi connectivity index (χ1n) is 5.53. The standard InChI is InChI=1S/C13H12BrN3O2/c14-11-4-2-1-3-10(11)8-17-12(18)6-5-9(7-16-19)13(17)15/h1-7,19H,8,15H2. The van der Waals surface area contributed by atoms with Crippen LogP contribution in [-0.2, 0) is 6.54 Å². The molecule has 0 unspecified atom stereocenters. The number of nitrogens with two attached hydrogens (primary N) is 1. The molecule has 19 heavy (non-hydrogen) atoms. The largest absolute Gasteiger partial charge is 0.411 e. The van der Waals surface area contributed by atoms with Crippen LogP contribution in [0.25, 0.3) is 0 Å². The third-order valence-electron chi connectivity index (χ3n) is 2.74. The molecule has 1 heterocycles. The smallest absolute Gasteiger partial charge is 0.252 e. The van der Waals surface area contributed by atoms with Gasteiger partial charge in [-0.15, -0.1) is 0 Å². The Morgan fingerprint density at radius 2 is 2.05 bits per heavy atom. The predicted molar refractivity (Wildman–Crippen MR) is 77.7 cm³/mol. The van der Waals surface area contributed by atoms with E-state index in [1.54, 1.807) is 0 Å². The normalized spacial score (nSPS) is 11.0.